The fourth-order valence-electron chi connectivity index (χ4n) is 2.10. The molecule has 2 aromatic rings. The summed E-state index contributed by atoms with van der Waals surface area (Å²) in [5.74, 6) is -1.74. The normalized spacial score (nSPS) is 11.3. The van der Waals surface area contributed by atoms with Crippen LogP contribution in [0.25, 0.3) is 0 Å². The molecule has 0 radical (unpaired) electrons. The Morgan fingerprint density at radius 2 is 1.74 bits per heavy atom. The van der Waals surface area contributed by atoms with E-state index < -0.39 is 28.4 Å². The first-order valence-electron chi connectivity index (χ1n) is 7.72. The number of nitrogens with one attached hydrogen (secondary N) is 2. The molecule has 10 heteroatoms. The molecule has 0 aliphatic heterocycles. The van der Waals surface area contributed by atoms with E-state index in [-0.39, 0.29) is 16.2 Å². The second kappa shape index (κ2) is 8.51. The van der Waals surface area contributed by atoms with Crippen LogP contribution < -0.4 is 10.9 Å². The minimum absolute atomic E-state index is 0.0506. The van der Waals surface area contributed by atoms with Crippen molar-refractivity contribution in [1.29, 1.82) is 0 Å². The lowest BCUT2D eigenvalue weighted by molar-refractivity contribution is -0.121. The number of hydrogen-bond acceptors (Lipinski definition) is 5. The van der Waals surface area contributed by atoms with Gasteiger partial charge in [-0.15, -0.1) is 0 Å². The monoisotopic (exact) mass is 455 g/mol. The van der Waals surface area contributed by atoms with Crippen LogP contribution in [0.5, 0.6) is 5.75 Å². The van der Waals surface area contributed by atoms with Crippen LogP contribution in [-0.2, 0) is 14.8 Å². The molecule has 0 aromatic heterocycles. The molecule has 2 aromatic carbocycles. The van der Waals surface area contributed by atoms with Gasteiger partial charge in [0.05, 0.1) is 17.0 Å². The Morgan fingerprint density at radius 3 is 2.37 bits per heavy atom. The highest BCUT2D eigenvalue weighted by Gasteiger charge is 2.23. The van der Waals surface area contributed by atoms with Crippen LogP contribution in [0.1, 0.15) is 15.9 Å². The predicted octanol–water partition coefficient (Wildman–Crippen LogP) is 1.54. The van der Waals surface area contributed by atoms with E-state index in [2.05, 4.69) is 26.8 Å². The molecule has 2 rings (SSSR count). The number of carbonyl (C=O) groups excluding carboxylic acids is 2. The molecule has 0 spiro atoms. The van der Waals surface area contributed by atoms with E-state index in [1.54, 1.807) is 18.2 Å². The quantitative estimate of drug-likeness (QED) is 0.591. The van der Waals surface area contributed by atoms with Gasteiger partial charge in [-0.3, -0.25) is 20.4 Å². The minimum atomic E-state index is -3.84. The van der Waals surface area contributed by atoms with Crippen LogP contribution in [0.4, 0.5) is 0 Å². The molecule has 0 atom stereocenters. The SMILES string of the molecule is Cc1ccc(S(=O)(=O)N(C)CC(=O)NNC(=O)c2cc(Br)ccc2O)cc1. The third-order valence-electron chi connectivity index (χ3n) is 3.61. The molecule has 144 valence electrons. The van der Waals surface area contributed by atoms with Crippen molar-refractivity contribution in [3.8, 4) is 5.75 Å². The molecule has 0 fully saturated rings. The van der Waals surface area contributed by atoms with Crippen molar-refractivity contribution in [1.82, 2.24) is 15.2 Å². The summed E-state index contributed by atoms with van der Waals surface area (Å²) in [6.07, 6.45) is 0. The zero-order valence-electron chi connectivity index (χ0n) is 14.6. The lowest BCUT2D eigenvalue weighted by Gasteiger charge is -2.17. The Kier molecular flexibility index (Phi) is 6.58. The van der Waals surface area contributed by atoms with Gasteiger partial charge in [-0.2, -0.15) is 4.31 Å². The number of hydrazine groups is 1. The van der Waals surface area contributed by atoms with Gasteiger partial charge >= 0.3 is 0 Å². The molecule has 0 aliphatic rings. The van der Waals surface area contributed by atoms with Gasteiger partial charge in [-0.05, 0) is 37.3 Å². The summed E-state index contributed by atoms with van der Waals surface area (Å²) in [6.45, 7) is 1.33. The highest BCUT2D eigenvalue weighted by atomic mass is 79.9. The fraction of sp³-hybridized carbons (Fsp3) is 0.176. The van der Waals surface area contributed by atoms with Crippen LogP contribution in [0.3, 0.4) is 0 Å². The maximum absolute atomic E-state index is 12.4. The number of carbonyl (C=O) groups is 2. The first-order chi connectivity index (χ1) is 12.6. The van der Waals surface area contributed by atoms with Gasteiger partial charge < -0.3 is 5.11 Å². The number of phenols is 1. The number of sulfonamides is 1. The summed E-state index contributed by atoms with van der Waals surface area (Å²) in [6, 6.07) is 10.5. The van der Waals surface area contributed by atoms with Gasteiger partial charge in [0.1, 0.15) is 5.75 Å². The summed E-state index contributed by atoms with van der Waals surface area (Å²) in [5, 5.41) is 9.69. The van der Waals surface area contributed by atoms with E-state index in [9.17, 15) is 23.1 Å². The summed E-state index contributed by atoms with van der Waals surface area (Å²) >= 11 is 3.17. The Morgan fingerprint density at radius 1 is 1.11 bits per heavy atom. The highest BCUT2D eigenvalue weighted by Crippen LogP contribution is 2.21. The van der Waals surface area contributed by atoms with Crippen LogP contribution in [0.2, 0.25) is 0 Å². The number of halogens is 1. The Labute approximate surface area is 165 Å². The molecular formula is C17H18BrN3O5S. The van der Waals surface area contributed by atoms with Gasteiger partial charge in [0, 0.05) is 11.5 Å². The standard InChI is InChI=1S/C17H18BrN3O5S/c1-11-3-6-13(7-4-11)27(25,26)21(2)10-16(23)19-20-17(24)14-9-12(18)5-8-15(14)22/h3-9,22H,10H2,1-2H3,(H,19,23)(H,20,24). The molecule has 27 heavy (non-hydrogen) atoms. The molecule has 0 saturated carbocycles. The smallest absolute Gasteiger partial charge is 0.273 e. The number of likely N-dealkylation sites (N-methyl/N-ethyl adjacent to an activating group) is 1. The molecule has 2 amide bonds. The fourth-order valence-corrected chi connectivity index (χ4v) is 3.59. The maximum Gasteiger partial charge on any atom is 0.273 e. The maximum atomic E-state index is 12.4. The Balaban J connectivity index is 1.97. The topological polar surface area (TPSA) is 116 Å². The van der Waals surface area contributed by atoms with Gasteiger partial charge in [0.25, 0.3) is 11.8 Å². The van der Waals surface area contributed by atoms with Gasteiger partial charge in [-0.25, -0.2) is 8.42 Å². The lowest BCUT2D eigenvalue weighted by atomic mass is 10.2. The van der Waals surface area contributed by atoms with Crippen LogP contribution in [0.15, 0.2) is 51.8 Å². The predicted molar refractivity (Wildman–Crippen MR) is 102 cm³/mol. The average Bonchev–Trinajstić information content (AvgIpc) is 2.62. The Hall–Kier alpha value is -2.43. The number of nitrogens with zero attached hydrogens (tertiary/aromatic N) is 1. The number of amides is 2. The van der Waals surface area contributed by atoms with E-state index in [0.29, 0.717) is 4.47 Å². The molecule has 3 N–H and O–H groups in total. The highest BCUT2D eigenvalue weighted by molar-refractivity contribution is 9.10. The van der Waals surface area contributed by atoms with Crippen molar-refractivity contribution >= 4 is 37.8 Å². The second-order valence-electron chi connectivity index (χ2n) is 5.74. The lowest BCUT2D eigenvalue weighted by Crippen LogP contribution is -2.46. The Bertz CT molecular complexity index is 961. The van der Waals surface area contributed by atoms with Crippen LogP contribution >= 0.6 is 15.9 Å². The molecule has 8 nitrogen and oxygen atoms in total. The van der Waals surface area contributed by atoms with Gasteiger partial charge in [-0.1, -0.05) is 33.6 Å². The van der Waals surface area contributed by atoms with Gasteiger partial charge in [0.2, 0.25) is 10.0 Å². The van der Waals surface area contributed by atoms with Crippen molar-refractivity contribution in [2.45, 2.75) is 11.8 Å². The summed E-state index contributed by atoms with van der Waals surface area (Å²) < 4.78 is 26.3. The van der Waals surface area contributed by atoms with E-state index in [4.69, 9.17) is 0 Å². The van der Waals surface area contributed by atoms with Crippen molar-refractivity contribution in [3.05, 3.63) is 58.1 Å². The summed E-state index contributed by atoms with van der Waals surface area (Å²) in [4.78, 5) is 24.1. The van der Waals surface area contributed by atoms with Crippen molar-refractivity contribution < 1.29 is 23.1 Å². The first kappa shape index (κ1) is 20.9. The third-order valence-corrected chi connectivity index (χ3v) is 5.92. The summed E-state index contributed by atoms with van der Waals surface area (Å²) in [5.41, 5.74) is 5.11. The van der Waals surface area contributed by atoms with Crippen molar-refractivity contribution in [2.75, 3.05) is 13.6 Å². The molecule has 0 aliphatic carbocycles. The first-order valence-corrected chi connectivity index (χ1v) is 9.95. The number of rotatable bonds is 5. The number of aromatic hydroxyl groups is 1. The van der Waals surface area contributed by atoms with Crippen LogP contribution in [0, 0.1) is 6.92 Å². The van der Waals surface area contributed by atoms with Crippen LogP contribution in [-0.4, -0.2) is 43.2 Å². The molecule has 0 bridgehead atoms. The number of hydrogen-bond donors (Lipinski definition) is 3. The van der Waals surface area contributed by atoms with Crippen molar-refractivity contribution in [2.24, 2.45) is 0 Å². The van der Waals surface area contributed by atoms with E-state index >= 15 is 0 Å². The third kappa shape index (κ3) is 5.28. The molecule has 0 unspecified atom stereocenters. The minimum Gasteiger partial charge on any atom is -0.507 e. The number of aryl methyl sites for hydroxylation is 1. The zero-order valence-corrected chi connectivity index (χ0v) is 17.0. The molecular weight excluding hydrogens is 438 g/mol. The molecule has 0 saturated heterocycles. The summed E-state index contributed by atoms with van der Waals surface area (Å²) in [7, 11) is -2.58. The zero-order chi connectivity index (χ0) is 20.2. The van der Waals surface area contributed by atoms with Crippen molar-refractivity contribution in [3.63, 3.8) is 0 Å². The van der Waals surface area contributed by atoms with Gasteiger partial charge in [0.15, 0.2) is 0 Å². The number of benzene rings is 2. The van der Waals surface area contributed by atoms with E-state index in [1.165, 1.54) is 31.3 Å². The van der Waals surface area contributed by atoms with E-state index in [0.717, 1.165) is 9.87 Å². The largest absolute Gasteiger partial charge is 0.507 e. The molecule has 0 heterocycles. The number of phenolic OH excluding ortho intramolecular Hbond substituents is 1. The average molecular weight is 456 g/mol. The van der Waals surface area contributed by atoms with E-state index in [1.807, 2.05) is 6.92 Å². The second-order valence-corrected chi connectivity index (χ2v) is 8.70.